The van der Waals surface area contributed by atoms with Gasteiger partial charge in [-0.2, -0.15) is 0 Å². The van der Waals surface area contributed by atoms with E-state index in [1.165, 1.54) is 17.8 Å². The lowest BCUT2D eigenvalue weighted by Crippen LogP contribution is -2.46. The first-order chi connectivity index (χ1) is 9.39. The normalized spacial score (nSPS) is 20.6. The quantitative estimate of drug-likeness (QED) is 0.895. The Morgan fingerprint density at radius 1 is 1.20 bits per heavy atom. The van der Waals surface area contributed by atoms with Crippen molar-refractivity contribution >= 4 is 11.4 Å². The van der Waals surface area contributed by atoms with Gasteiger partial charge in [-0.25, -0.2) is 0 Å². The van der Waals surface area contributed by atoms with Gasteiger partial charge in [0.25, 0.3) is 0 Å². The highest BCUT2D eigenvalue weighted by Crippen LogP contribution is 2.30. The lowest BCUT2D eigenvalue weighted by atomic mass is 9.86. The first kappa shape index (κ1) is 15.2. The molecule has 0 amide bonds. The zero-order valence-corrected chi connectivity index (χ0v) is 13.6. The smallest absolute Gasteiger partial charge is 0.0604 e. The van der Waals surface area contributed by atoms with E-state index in [-0.39, 0.29) is 5.41 Å². The Morgan fingerprint density at radius 2 is 1.90 bits per heavy atom. The molecule has 0 radical (unpaired) electrons. The van der Waals surface area contributed by atoms with Gasteiger partial charge in [-0.15, -0.1) is 0 Å². The molecule has 1 atom stereocenters. The van der Waals surface area contributed by atoms with E-state index in [9.17, 15) is 0 Å². The second-order valence-corrected chi connectivity index (χ2v) is 7.06. The van der Waals surface area contributed by atoms with Crippen LogP contribution in [0.15, 0.2) is 24.3 Å². The fourth-order valence-corrected chi connectivity index (χ4v) is 2.83. The minimum Gasteiger partial charge on any atom is -0.376 e. The number of nitrogens with one attached hydrogen (secondary N) is 1. The van der Waals surface area contributed by atoms with Gasteiger partial charge in [-0.1, -0.05) is 32.9 Å². The Labute approximate surface area is 124 Å². The van der Waals surface area contributed by atoms with Crippen LogP contribution in [0.1, 0.15) is 27.2 Å². The van der Waals surface area contributed by atoms with Gasteiger partial charge in [0.05, 0.1) is 11.4 Å². The van der Waals surface area contributed by atoms with E-state index in [0.29, 0.717) is 6.04 Å². The minimum absolute atomic E-state index is 0.287. The predicted octanol–water partition coefficient (Wildman–Crippen LogP) is 2.97. The van der Waals surface area contributed by atoms with Crippen molar-refractivity contribution in [1.29, 1.82) is 0 Å². The maximum atomic E-state index is 3.71. The van der Waals surface area contributed by atoms with E-state index in [2.05, 4.69) is 74.2 Å². The minimum atomic E-state index is 0.287. The molecular weight excluding hydrogens is 246 g/mol. The topological polar surface area (TPSA) is 18.5 Å². The number of hydrogen-bond donors (Lipinski definition) is 1. The van der Waals surface area contributed by atoms with E-state index >= 15 is 0 Å². The van der Waals surface area contributed by atoms with E-state index in [1.807, 2.05) is 0 Å². The predicted molar refractivity (Wildman–Crippen MR) is 88.8 cm³/mol. The first-order valence-electron chi connectivity index (χ1n) is 7.64. The van der Waals surface area contributed by atoms with Crippen molar-refractivity contribution in [2.24, 2.45) is 5.41 Å². The Hall–Kier alpha value is -1.22. The summed E-state index contributed by atoms with van der Waals surface area (Å²) in [7, 11) is 4.24. The van der Waals surface area contributed by atoms with Crippen LogP contribution >= 0.6 is 0 Å². The zero-order valence-electron chi connectivity index (χ0n) is 13.6. The average Bonchev–Trinajstić information content (AvgIpc) is 2.64. The molecule has 3 nitrogen and oxygen atoms in total. The monoisotopic (exact) mass is 275 g/mol. The molecule has 1 unspecified atom stereocenters. The summed E-state index contributed by atoms with van der Waals surface area (Å²) in [5, 5.41) is 3.71. The van der Waals surface area contributed by atoms with Crippen molar-refractivity contribution < 1.29 is 0 Å². The third-order valence-corrected chi connectivity index (χ3v) is 4.15. The molecule has 20 heavy (non-hydrogen) atoms. The van der Waals surface area contributed by atoms with Gasteiger partial charge in [-0.3, -0.25) is 0 Å². The standard InChI is InChI=1S/C17H29N3/c1-17(2,3)16-13-20(12-8-11-18-16)15-10-7-6-9-14(15)19(4)5/h6-7,9-10,16,18H,8,11-13H2,1-5H3. The van der Waals surface area contributed by atoms with E-state index in [1.54, 1.807) is 0 Å². The van der Waals surface area contributed by atoms with Gasteiger partial charge in [0, 0.05) is 33.2 Å². The molecule has 1 heterocycles. The number of benzene rings is 1. The lowest BCUT2D eigenvalue weighted by molar-refractivity contribution is 0.280. The molecule has 0 saturated carbocycles. The molecule has 0 bridgehead atoms. The van der Waals surface area contributed by atoms with Gasteiger partial charge in [0.15, 0.2) is 0 Å². The second kappa shape index (κ2) is 6.04. The van der Waals surface area contributed by atoms with Crippen molar-refractivity contribution in [3.05, 3.63) is 24.3 Å². The molecule has 3 heteroatoms. The van der Waals surface area contributed by atoms with E-state index in [4.69, 9.17) is 0 Å². The van der Waals surface area contributed by atoms with Crippen molar-refractivity contribution in [2.45, 2.75) is 33.2 Å². The van der Waals surface area contributed by atoms with Crippen LogP contribution in [0.3, 0.4) is 0 Å². The number of para-hydroxylation sites is 2. The summed E-state index contributed by atoms with van der Waals surface area (Å²) in [5.74, 6) is 0. The van der Waals surface area contributed by atoms with Crippen molar-refractivity contribution in [3.8, 4) is 0 Å². The van der Waals surface area contributed by atoms with Crippen LogP contribution < -0.4 is 15.1 Å². The van der Waals surface area contributed by atoms with Gasteiger partial charge >= 0.3 is 0 Å². The highest BCUT2D eigenvalue weighted by Gasteiger charge is 2.28. The SMILES string of the molecule is CN(C)c1ccccc1N1CCCNC(C(C)(C)C)C1. The van der Waals surface area contributed by atoms with Crippen LogP contribution in [0.5, 0.6) is 0 Å². The average molecular weight is 275 g/mol. The van der Waals surface area contributed by atoms with E-state index < -0.39 is 0 Å². The highest BCUT2D eigenvalue weighted by atomic mass is 15.2. The van der Waals surface area contributed by atoms with E-state index in [0.717, 1.165) is 19.6 Å². The van der Waals surface area contributed by atoms with Gasteiger partial charge in [0.2, 0.25) is 0 Å². The molecule has 1 N–H and O–H groups in total. The van der Waals surface area contributed by atoms with Gasteiger partial charge in [0.1, 0.15) is 0 Å². The Bertz CT molecular complexity index is 434. The lowest BCUT2D eigenvalue weighted by Gasteiger charge is -2.35. The molecule has 112 valence electrons. The molecule has 2 rings (SSSR count). The molecule has 1 fully saturated rings. The molecule has 0 aliphatic carbocycles. The van der Waals surface area contributed by atoms with Crippen molar-refractivity contribution in [3.63, 3.8) is 0 Å². The Kier molecular flexibility index (Phi) is 4.59. The largest absolute Gasteiger partial charge is 0.376 e. The fraction of sp³-hybridized carbons (Fsp3) is 0.647. The van der Waals surface area contributed by atoms with Crippen molar-refractivity contribution in [2.75, 3.05) is 43.5 Å². The molecule has 0 spiro atoms. The molecular formula is C17H29N3. The number of anilines is 2. The van der Waals surface area contributed by atoms with Gasteiger partial charge in [-0.05, 0) is 30.5 Å². The Morgan fingerprint density at radius 3 is 2.55 bits per heavy atom. The molecule has 1 aromatic rings. The third kappa shape index (κ3) is 3.45. The summed E-state index contributed by atoms with van der Waals surface area (Å²) in [6, 6.07) is 9.25. The zero-order chi connectivity index (χ0) is 14.8. The summed E-state index contributed by atoms with van der Waals surface area (Å²) < 4.78 is 0. The van der Waals surface area contributed by atoms with Crippen LogP contribution in [0.25, 0.3) is 0 Å². The second-order valence-electron chi connectivity index (χ2n) is 7.06. The maximum absolute atomic E-state index is 3.71. The molecule has 1 aliphatic heterocycles. The fourth-order valence-electron chi connectivity index (χ4n) is 2.83. The van der Waals surface area contributed by atoms with Crippen LogP contribution in [0.2, 0.25) is 0 Å². The molecule has 1 aliphatic rings. The summed E-state index contributed by atoms with van der Waals surface area (Å²) in [6.45, 7) is 10.3. The summed E-state index contributed by atoms with van der Waals surface area (Å²) in [4.78, 5) is 4.75. The summed E-state index contributed by atoms with van der Waals surface area (Å²) >= 11 is 0. The van der Waals surface area contributed by atoms with Crippen LogP contribution in [0, 0.1) is 5.41 Å². The van der Waals surface area contributed by atoms with Crippen LogP contribution in [-0.2, 0) is 0 Å². The maximum Gasteiger partial charge on any atom is 0.0604 e. The number of nitrogens with zero attached hydrogens (tertiary/aromatic N) is 2. The molecule has 1 saturated heterocycles. The molecule has 0 aromatic heterocycles. The summed E-state index contributed by atoms with van der Waals surface area (Å²) in [6.07, 6.45) is 1.20. The first-order valence-corrected chi connectivity index (χ1v) is 7.64. The van der Waals surface area contributed by atoms with Crippen LogP contribution in [-0.4, -0.2) is 39.8 Å². The summed E-state index contributed by atoms with van der Waals surface area (Å²) in [5.41, 5.74) is 2.95. The Balaban J connectivity index is 2.27. The van der Waals surface area contributed by atoms with Gasteiger partial charge < -0.3 is 15.1 Å². The number of hydrogen-bond acceptors (Lipinski definition) is 3. The number of rotatable bonds is 2. The third-order valence-electron chi connectivity index (χ3n) is 4.15. The van der Waals surface area contributed by atoms with Crippen molar-refractivity contribution in [1.82, 2.24) is 5.32 Å². The highest BCUT2D eigenvalue weighted by molar-refractivity contribution is 5.70. The molecule has 1 aromatic carbocycles. The van der Waals surface area contributed by atoms with Crippen LogP contribution in [0.4, 0.5) is 11.4 Å².